The molecule has 0 aliphatic heterocycles. The Labute approximate surface area is 160 Å². The van der Waals surface area contributed by atoms with Crippen LogP contribution in [0.15, 0.2) is 20.8 Å². The summed E-state index contributed by atoms with van der Waals surface area (Å²) in [6, 6.07) is 3.88. The third-order valence-corrected chi connectivity index (χ3v) is 6.75. The third-order valence-electron chi connectivity index (χ3n) is 3.32. The smallest absolute Gasteiger partial charge is 0.234 e. The molecule has 2 rings (SSSR count). The molecule has 0 aliphatic rings. The van der Waals surface area contributed by atoms with Crippen molar-refractivity contribution in [3.05, 3.63) is 28.3 Å². The van der Waals surface area contributed by atoms with E-state index in [4.69, 9.17) is 11.6 Å². The molecule has 1 N–H and O–H groups in total. The van der Waals surface area contributed by atoms with Gasteiger partial charge >= 0.3 is 0 Å². The van der Waals surface area contributed by atoms with Crippen LogP contribution in [-0.4, -0.2) is 27.6 Å². The maximum Gasteiger partial charge on any atom is 0.234 e. The molecule has 1 aromatic heterocycles. The van der Waals surface area contributed by atoms with Crippen molar-refractivity contribution in [3.8, 4) is 0 Å². The van der Waals surface area contributed by atoms with Gasteiger partial charge < -0.3 is 5.32 Å². The van der Waals surface area contributed by atoms with E-state index in [0.29, 0.717) is 10.8 Å². The van der Waals surface area contributed by atoms with Gasteiger partial charge in [0.2, 0.25) is 5.91 Å². The van der Waals surface area contributed by atoms with Gasteiger partial charge in [0, 0.05) is 10.7 Å². The SMILES string of the molecule is CCSc1nnc(SCC(=O)Nc2c(CC)ccc(Cl)c2CC)s1. The van der Waals surface area contributed by atoms with E-state index in [9.17, 15) is 4.79 Å². The van der Waals surface area contributed by atoms with Crippen molar-refractivity contribution < 1.29 is 4.79 Å². The zero-order valence-corrected chi connectivity index (χ0v) is 17.1. The molecule has 1 amide bonds. The van der Waals surface area contributed by atoms with Crippen LogP contribution in [0, 0.1) is 0 Å². The first-order valence-corrected chi connectivity index (χ1v) is 10.9. The fraction of sp³-hybridized carbons (Fsp3) is 0.438. The molecular formula is C16H20ClN3OS3. The molecule has 24 heavy (non-hydrogen) atoms. The van der Waals surface area contributed by atoms with E-state index in [0.717, 1.165) is 44.1 Å². The summed E-state index contributed by atoms with van der Waals surface area (Å²) in [5.74, 6) is 1.23. The number of hydrogen-bond acceptors (Lipinski definition) is 6. The van der Waals surface area contributed by atoms with Crippen LogP contribution in [0.25, 0.3) is 0 Å². The van der Waals surface area contributed by atoms with Gasteiger partial charge in [-0.05, 0) is 35.8 Å². The average Bonchev–Trinajstić information content (AvgIpc) is 3.01. The number of carbonyl (C=O) groups excluding carboxylic acids is 1. The highest BCUT2D eigenvalue weighted by molar-refractivity contribution is 8.03. The van der Waals surface area contributed by atoms with Crippen LogP contribution in [0.3, 0.4) is 0 Å². The predicted molar refractivity (Wildman–Crippen MR) is 106 cm³/mol. The lowest BCUT2D eigenvalue weighted by molar-refractivity contribution is -0.113. The number of nitrogens with one attached hydrogen (secondary N) is 1. The first-order chi connectivity index (χ1) is 11.6. The number of carbonyl (C=O) groups is 1. The first kappa shape index (κ1) is 19.6. The minimum Gasteiger partial charge on any atom is -0.325 e. The Balaban J connectivity index is 2.02. The number of nitrogens with zero attached hydrogens (tertiary/aromatic N) is 2. The third kappa shape index (κ3) is 5.12. The van der Waals surface area contributed by atoms with E-state index in [1.807, 2.05) is 19.1 Å². The minimum atomic E-state index is -0.0495. The van der Waals surface area contributed by atoms with Crippen LogP contribution >= 0.6 is 46.5 Å². The van der Waals surface area contributed by atoms with E-state index in [1.54, 1.807) is 11.8 Å². The van der Waals surface area contributed by atoms with Crippen LogP contribution in [0.2, 0.25) is 5.02 Å². The standard InChI is InChI=1S/C16H20ClN3OS3/c1-4-10-7-8-12(17)11(5-2)14(10)18-13(21)9-23-16-20-19-15(24-16)22-6-3/h7-8H,4-6,9H2,1-3H3,(H,18,21). The average molecular weight is 402 g/mol. The molecule has 0 atom stereocenters. The second-order valence-corrected chi connectivity index (χ2v) is 8.99. The van der Waals surface area contributed by atoms with Gasteiger partial charge in [0.15, 0.2) is 8.68 Å². The number of halogens is 1. The Bertz CT molecular complexity index is 706. The number of rotatable bonds is 8. The van der Waals surface area contributed by atoms with E-state index < -0.39 is 0 Å². The molecule has 4 nitrogen and oxygen atoms in total. The summed E-state index contributed by atoms with van der Waals surface area (Å²) in [7, 11) is 0. The summed E-state index contributed by atoms with van der Waals surface area (Å²) in [6.07, 6.45) is 1.63. The molecule has 0 aliphatic carbocycles. The van der Waals surface area contributed by atoms with E-state index >= 15 is 0 Å². The summed E-state index contributed by atoms with van der Waals surface area (Å²) in [5.41, 5.74) is 2.96. The lowest BCUT2D eigenvalue weighted by Crippen LogP contribution is -2.17. The van der Waals surface area contributed by atoms with Gasteiger partial charge in [-0.3, -0.25) is 4.79 Å². The van der Waals surface area contributed by atoms with Gasteiger partial charge in [-0.25, -0.2) is 0 Å². The lowest BCUT2D eigenvalue weighted by atomic mass is 10.0. The van der Waals surface area contributed by atoms with Crippen molar-refractivity contribution in [2.75, 3.05) is 16.8 Å². The molecular weight excluding hydrogens is 382 g/mol. The van der Waals surface area contributed by atoms with Crippen molar-refractivity contribution in [3.63, 3.8) is 0 Å². The molecule has 0 spiro atoms. The molecule has 0 fully saturated rings. The van der Waals surface area contributed by atoms with Crippen molar-refractivity contribution in [1.82, 2.24) is 10.2 Å². The van der Waals surface area contributed by atoms with Crippen LogP contribution in [0.4, 0.5) is 5.69 Å². The minimum absolute atomic E-state index is 0.0495. The van der Waals surface area contributed by atoms with Crippen LogP contribution in [0.5, 0.6) is 0 Å². The number of aromatic nitrogens is 2. The van der Waals surface area contributed by atoms with Gasteiger partial charge in [0.25, 0.3) is 0 Å². The van der Waals surface area contributed by atoms with Gasteiger partial charge in [-0.2, -0.15) is 0 Å². The first-order valence-electron chi connectivity index (χ1n) is 7.78. The number of benzene rings is 1. The number of amides is 1. The molecule has 1 aromatic carbocycles. The highest BCUT2D eigenvalue weighted by Crippen LogP contribution is 2.31. The molecule has 8 heteroatoms. The molecule has 0 saturated carbocycles. The van der Waals surface area contributed by atoms with Crippen molar-refractivity contribution >= 4 is 58.1 Å². The van der Waals surface area contributed by atoms with E-state index in [2.05, 4.69) is 29.4 Å². The van der Waals surface area contributed by atoms with Crippen LogP contribution in [-0.2, 0) is 17.6 Å². The summed E-state index contributed by atoms with van der Waals surface area (Å²) < 4.78 is 1.76. The zero-order valence-electron chi connectivity index (χ0n) is 13.9. The van der Waals surface area contributed by atoms with Crippen LogP contribution < -0.4 is 5.32 Å². The second-order valence-electron chi connectivity index (χ2n) is 4.87. The molecule has 0 bridgehead atoms. The Kier molecular flexibility index (Phi) is 7.87. The summed E-state index contributed by atoms with van der Waals surface area (Å²) in [5, 5.41) is 11.9. The van der Waals surface area contributed by atoms with Gasteiger partial charge in [-0.15, -0.1) is 10.2 Å². The fourth-order valence-corrected chi connectivity index (χ4v) is 5.22. The van der Waals surface area contributed by atoms with E-state index in [-0.39, 0.29) is 5.91 Å². The molecule has 0 unspecified atom stereocenters. The highest BCUT2D eigenvalue weighted by Gasteiger charge is 2.14. The number of aryl methyl sites for hydroxylation is 1. The Morgan fingerprint density at radius 2 is 1.88 bits per heavy atom. The molecule has 1 heterocycles. The molecule has 0 radical (unpaired) electrons. The van der Waals surface area contributed by atoms with Crippen LogP contribution in [0.1, 0.15) is 31.9 Å². The summed E-state index contributed by atoms with van der Waals surface area (Å²) >= 11 is 10.9. The van der Waals surface area contributed by atoms with Gasteiger partial charge in [-0.1, -0.05) is 73.3 Å². The fourth-order valence-electron chi connectivity index (χ4n) is 2.21. The molecule has 2 aromatic rings. The van der Waals surface area contributed by atoms with E-state index in [1.165, 1.54) is 23.1 Å². The van der Waals surface area contributed by atoms with Gasteiger partial charge in [0.05, 0.1) is 5.75 Å². The Morgan fingerprint density at radius 3 is 2.50 bits per heavy atom. The highest BCUT2D eigenvalue weighted by atomic mass is 35.5. The normalized spacial score (nSPS) is 10.8. The topological polar surface area (TPSA) is 54.9 Å². The summed E-state index contributed by atoms with van der Waals surface area (Å²) in [4.78, 5) is 12.3. The van der Waals surface area contributed by atoms with Gasteiger partial charge in [0.1, 0.15) is 0 Å². The zero-order chi connectivity index (χ0) is 17.5. The maximum atomic E-state index is 12.3. The number of thioether (sulfide) groups is 2. The Hall–Kier alpha value is -0.760. The number of anilines is 1. The van der Waals surface area contributed by atoms with Crippen molar-refractivity contribution in [1.29, 1.82) is 0 Å². The quantitative estimate of drug-likeness (QED) is 0.619. The molecule has 0 saturated heterocycles. The predicted octanol–water partition coefficient (Wildman–Crippen LogP) is 5.16. The second kappa shape index (κ2) is 9.65. The van der Waals surface area contributed by atoms with Crippen molar-refractivity contribution in [2.45, 2.75) is 42.3 Å². The Morgan fingerprint density at radius 1 is 1.17 bits per heavy atom. The van der Waals surface area contributed by atoms with Crippen molar-refractivity contribution in [2.24, 2.45) is 0 Å². The largest absolute Gasteiger partial charge is 0.325 e. The monoisotopic (exact) mass is 401 g/mol. The summed E-state index contributed by atoms with van der Waals surface area (Å²) in [6.45, 7) is 6.19. The maximum absolute atomic E-state index is 12.3. The molecule has 130 valence electrons. The number of hydrogen-bond donors (Lipinski definition) is 1. The lowest BCUT2D eigenvalue weighted by Gasteiger charge is -2.15.